The number of carbonyl (C=O) groups excluding carboxylic acids is 3. The number of aromatic nitrogens is 2. The van der Waals surface area contributed by atoms with Crippen molar-refractivity contribution >= 4 is 34.3 Å². The minimum absolute atomic E-state index is 0.166. The highest BCUT2D eigenvalue weighted by atomic mass is 16.2. The molecule has 0 aliphatic carbocycles. The molecule has 7 heteroatoms. The van der Waals surface area contributed by atoms with Crippen LogP contribution in [0.5, 0.6) is 0 Å². The summed E-state index contributed by atoms with van der Waals surface area (Å²) in [7, 11) is 0. The van der Waals surface area contributed by atoms with Gasteiger partial charge in [0.2, 0.25) is 5.91 Å². The van der Waals surface area contributed by atoms with Crippen LogP contribution in [0.4, 0.5) is 5.69 Å². The van der Waals surface area contributed by atoms with Gasteiger partial charge in [-0.2, -0.15) is 5.10 Å². The number of aromatic amines is 1. The number of anilines is 1. The molecule has 0 atom stereocenters. The smallest absolute Gasteiger partial charge is 0.261 e. The first kappa shape index (κ1) is 16.0. The summed E-state index contributed by atoms with van der Waals surface area (Å²) < 4.78 is 0. The first-order valence-corrected chi connectivity index (χ1v) is 8.32. The van der Waals surface area contributed by atoms with Crippen LogP contribution in [0, 0.1) is 0 Å². The van der Waals surface area contributed by atoms with Gasteiger partial charge in [0.15, 0.2) is 0 Å². The Hall–Kier alpha value is -3.48. The summed E-state index contributed by atoms with van der Waals surface area (Å²) in [6.07, 6.45) is 2.33. The third-order valence-electron chi connectivity index (χ3n) is 4.39. The molecule has 3 aromatic rings. The Morgan fingerprint density at radius 1 is 1.08 bits per heavy atom. The number of imide groups is 1. The van der Waals surface area contributed by atoms with E-state index in [4.69, 9.17) is 0 Å². The second-order valence-electron chi connectivity index (χ2n) is 6.13. The maximum Gasteiger partial charge on any atom is 0.261 e. The lowest BCUT2D eigenvalue weighted by Gasteiger charge is -2.13. The molecule has 0 unspecified atom stereocenters. The molecule has 0 spiro atoms. The van der Waals surface area contributed by atoms with Crippen LogP contribution < -0.4 is 5.32 Å². The number of rotatable bonds is 5. The average molecular weight is 348 g/mol. The molecule has 0 radical (unpaired) electrons. The van der Waals surface area contributed by atoms with Gasteiger partial charge in [-0.25, -0.2) is 0 Å². The van der Waals surface area contributed by atoms with Crippen molar-refractivity contribution in [1.82, 2.24) is 15.1 Å². The van der Waals surface area contributed by atoms with Gasteiger partial charge in [-0.05, 0) is 36.8 Å². The fourth-order valence-corrected chi connectivity index (χ4v) is 3.08. The fourth-order valence-electron chi connectivity index (χ4n) is 3.08. The number of amides is 3. The van der Waals surface area contributed by atoms with Crippen molar-refractivity contribution in [2.45, 2.75) is 12.8 Å². The van der Waals surface area contributed by atoms with E-state index in [0.717, 1.165) is 10.9 Å². The number of benzene rings is 2. The van der Waals surface area contributed by atoms with E-state index in [2.05, 4.69) is 15.5 Å². The molecular formula is C19H16N4O3. The third kappa shape index (κ3) is 2.83. The predicted octanol–water partition coefficient (Wildman–Crippen LogP) is 2.58. The van der Waals surface area contributed by atoms with E-state index < -0.39 is 0 Å². The van der Waals surface area contributed by atoms with Crippen LogP contribution in [0.2, 0.25) is 0 Å². The lowest BCUT2D eigenvalue weighted by atomic mass is 10.1. The van der Waals surface area contributed by atoms with E-state index in [1.807, 2.05) is 12.1 Å². The second kappa shape index (κ2) is 6.44. The quantitative estimate of drug-likeness (QED) is 0.693. The van der Waals surface area contributed by atoms with E-state index in [0.29, 0.717) is 23.2 Å². The van der Waals surface area contributed by atoms with Gasteiger partial charge in [0.1, 0.15) is 0 Å². The number of hydrogen-bond acceptors (Lipinski definition) is 4. The van der Waals surface area contributed by atoms with Crippen LogP contribution in [-0.2, 0) is 4.79 Å². The molecule has 1 aliphatic heterocycles. The Kier molecular flexibility index (Phi) is 3.96. The Bertz CT molecular complexity index is 989. The minimum Gasteiger partial charge on any atom is -0.326 e. The molecule has 2 N–H and O–H groups in total. The zero-order valence-corrected chi connectivity index (χ0v) is 13.9. The molecule has 1 aliphatic rings. The second-order valence-corrected chi connectivity index (χ2v) is 6.13. The molecule has 0 bridgehead atoms. The summed E-state index contributed by atoms with van der Waals surface area (Å²) in [4.78, 5) is 37.9. The largest absolute Gasteiger partial charge is 0.326 e. The van der Waals surface area contributed by atoms with Crippen molar-refractivity contribution in [3.8, 4) is 0 Å². The summed E-state index contributed by atoms with van der Waals surface area (Å²) in [5, 5.41) is 10.6. The molecule has 2 heterocycles. The molecule has 1 aromatic heterocycles. The SMILES string of the molecule is O=C(CCCN1C(=O)c2ccccc2C1=O)Nc1ccc2cn[nH]c2c1. The van der Waals surface area contributed by atoms with E-state index >= 15 is 0 Å². The third-order valence-corrected chi connectivity index (χ3v) is 4.39. The van der Waals surface area contributed by atoms with E-state index in [-0.39, 0.29) is 30.7 Å². The van der Waals surface area contributed by atoms with Gasteiger partial charge in [0.25, 0.3) is 11.8 Å². The molecule has 0 saturated heterocycles. The lowest BCUT2D eigenvalue weighted by molar-refractivity contribution is -0.116. The Morgan fingerprint density at radius 2 is 1.81 bits per heavy atom. The van der Waals surface area contributed by atoms with E-state index in [1.165, 1.54) is 4.90 Å². The maximum atomic E-state index is 12.3. The molecule has 7 nitrogen and oxygen atoms in total. The molecule has 26 heavy (non-hydrogen) atoms. The highest BCUT2D eigenvalue weighted by molar-refractivity contribution is 6.21. The zero-order valence-electron chi connectivity index (χ0n) is 13.9. The van der Waals surface area contributed by atoms with Crippen LogP contribution in [0.15, 0.2) is 48.7 Å². The number of nitrogens with zero attached hydrogens (tertiary/aromatic N) is 2. The number of fused-ring (bicyclic) bond motifs is 2. The molecule has 4 rings (SSSR count). The van der Waals surface area contributed by atoms with E-state index in [9.17, 15) is 14.4 Å². The number of carbonyl (C=O) groups is 3. The lowest BCUT2D eigenvalue weighted by Crippen LogP contribution is -2.31. The van der Waals surface area contributed by atoms with Crippen LogP contribution in [0.1, 0.15) is 33.6 Å². The maximum absolute atomic E-state index is 12.3. The molecule has 3 amide bonds. The summed E-state index contributed by atoms with van der Waals surface area (Å²) in [5.41, 5.74) is 2.37. The van der Waals surface area contributed by atoms with Gasteiger partial charge >= 0.3 is 0 Å². The van der Waals surface area contributed by atoms with Crippen molar-refractivity contribution in [1.29, 1.82) is 0 Å². The van der Waals surface area contributed by atoms with Gasteiger partial charge in [0.05, 0.1) is 22.8 Å². The summed E-state index contributed by atoms with van der Waals surface area (Å²) >= 11 is 0. The van der Waals surface area contributed by atoms with Crippen molar-refractivity contribution in [3.05, 3.63) is 59.8 Å². The van der Waals surface area contributed by atoms with Gasteiger partial charge in [-0.15, -0.1) is 0 Å². The number of H-pyrrole nitrogens is 1. The minimum atomic E-state index is -0.296. The normalized spacial score (nSPS) is 13.3. The van der Waals surface area contributed by atoms with Gasteiger partial charge in [-0.1, -0.05) is 12.1 Å². The van der Waals surface area contributed by atoms with Crippen molar-refractivity contribution in [2.24, 2.45) is 0 Å². The van der Waals surface area contributed by atoms with Crippen LogP contribution in [0.3, 0.4) is 0 Å². The first-order valence-electron chi connectivity index (χ1n) is 8.32. The standard InChI is InChI=1S/C19H16N4O3/c24-17(21-13-8-7-12-11-20-22-16(12)10-13)6-3-9-23-18(25)14-4-1-2-5-15(14)19(23)26/h1-2,4-5,7-8,10-11H,3,6,9H2,(H,20,22)(H,21,24). The number of nitrogens with one attached hydrogen (secondary N) is 2. The topological polar surface area (TPSA) is 95.2 Å². The van der Waals surface area contributed by atoms with Crippen LogP contribution in [0.25, 0.3) is 10.9 Å². The summed E-state index contributed by atoms with van der Waals surface area (Å²) in [5.74, 6) is -0.758. The van der Waals surface area contributed by atoms with Gasteiger partial charge in [-0.3, -0.25) is 24.4 Å². The highest BCUT2D eigenvalue weighted by Crippen LogP contribution is 2.23. The van der Waals surface area contributed by atoms with Crippen molar-refractivity contribution < 1.29 is 14.4 Å². The van der Waals surface area contributed by atoms with Gasteiger partial charge < -0.3 is 5.32 Å². The Morgan fingerprint density at radius 3 is 2.54 bits per heavy atom. The zero-order chi connectivity index (χ0) is 18.1. The number of hydrogen-bond donors (Lipinski definition) is 2. The Balaban J connectivity index is 1.33. The Labute approximate surface area is 149 Å². The molecule has 2 aromatic carbocycles. The van der Waals surface area contributed by atoms with E-state index in [1.54, 1.807) is 36.5 Å². The van der Waals surface area contributed by atoms with Crippen molar-refractivity contribution in [3.63, 3.8) is 0 Å². The average Bonchev–Trinajstić information content (AvgIpc) is 3.20. The molecular weight excluding hydrogens is 332 g/mol. The molecule has 130 valence electrons. The predicted molar refractivity (Wildman–Crippen MR) is 95.8 cm³/mol. The summed E-state index contributed by atoms with van der Waals surface area (Å²) in [6, 6.07) is 12.2. The van der Waals surface area contributed by atoms with Crippen molar-refractivity contribution in [2.75, 3.05) is 11.9 Å². The molecule has 0 saturated carbocycles. The highest BCUT2D eigenvalue weighted by Gasteiger charge is 2.34. The monoisotopic (exact) mass is 348 g/mol. The van der Waals surface area contributed by atoms with Crippen LogP contribution >= 0.6 is 0 Å². The van der Waals surface area contributed by atoms with Gasteiger partial charge in [0, 0.05) is 24.0 Å². The first-order chi connectivity index (χ1) is 12.6. The summed E-state index contributed by atoms with van der Waals surface area (Å²) in [6.45, 7) is 0.222. The molecule has 0 fully saturated rings. The fraction of sp³-hybridized carbons (Fsp3) is 0.158. The van der Waals surface area contributed by atoms with Crippen LogP contribution in [-0.4, -0.2) is 39.4 Å².